The van der Waals surface area contributed by atoms with Crippen molar-refractivity contribution in [3.05, 3.63) is 0 Å². The number of carbonyl (C=O) groups is 1. The number of nitrogens with one attached hydrogen (secondary N) is 1. The summed E-state index contributed by atoms with van der Waals surface area (Å²) in [5, 5.41) is 2.85. The van der Waals surface area contributed by atoms with Crippen molar-refractivity contribution >= 4 is 5.91 Å². The SMILES string of the molecule is CCCCCC(CCCNC(C)=O)OC1CCCCO1. The van der Waals surface area contributed by atoms with Crippen LogP contribution in [0.2, 0.25) is 0 Å². The van der Waals surface area contributed by atoms with Crippen molar-refractivity contribution in [2.45, 2.75) is 84.0 Å². The van der Waals surface area contributed by atoms with Gasteiger partial charge in [0.2, 0.25) is 5.91 Å². The van der Waals surface area contributed by atoms with Gasteiger partial charge in [-0.2, -0.15) is 0 Å². The molecule has 0 aromatic rings. The lowest BCUT2D eigenvalue weighted by atomic mass is 10.1. The molecule has 0 aliphatic carbocycles. The molecule has 0 radical (unpaired) electrons. The Balaban J connectivity index is 2.24. The van der Waals surface area contributed by atoms with Crippen molar-refractivity contribution in [3.8, 4) is 0 Å². The fraction of sp³-hybridized carbons (Fsp3) is 0.938. The van der Waals surface area contributed by atoms with Gasteiger partial charge in [-0.25, -0.2) is 0 Å². The topological polar surface area (TPSA) is 47.6 Å². The molecule has 1 N–H and O–H groups in total. The molecule has 0 aromatic carbocycles. The Hall–Kier alpha value is -0.610. The highest BCUT2D eigenvalue weighted by atomic mass is 16.7. The van der Waals surface area contributed by atoms with Crippen molar-refractivity contribution in [1.82, 2.24) is 5.32 Å². The summed E-state index contributed by atoms with van der Waals surface area (Å²) < 4.78 is 11.8. The Morgan fingerprint density at radius 3 is 2.75 bits per heavy atom. The molecule has 1 amide bonds. The van der Waals surface area contributed by atoms with Gasteiger partial charge in [0.25, 0.3) is 0 Å². The number of amides is 1. The summed E-state index contributed by atoms with van der Waals surface area (Å²) in [6.07, 6.45) is 10.5. The second-order valence-electron chi connectivity index (χ2n) is 5.68. The Labute approximate surface area is 123 Å². The molecule has 118 valence electrons. The van der Waals surface area contributed by atoms with Crippen LogP contribution in [0.3, 0.4) is 0 Å². The van der Waals surface area contributed by atoms with E-state index < -0.39 is 0 Å². The molecule has 1 heterocycles. The molecular formula is C16H31NO3. The van der Waals surface area contributed by atoms with Crippen molar-refractivity contribution in [3.63, 3.8) is 0 Å². The van der Waals surface area contributed by atoms with Crippen LogP contribution in [-0.4, -0.2) is 31.5 Å². The summed E-state index contributed by atoms with van der Waals surface area (Å²) in [4.78, 5) is 10.9. The lowest BCUT2D eigenvalue weighted by Gasteiger charge is -2.28. The van der Waals surface area contributed by atoms with Gasteiger partial charge in [0.15, 0.2) is 6.29 Å². The van der Waals surface area contributed by atoms with E-state index in [4.69, 9.17) is 9.47 Å². The number of hydrogen-bond acceptors (Lipinski definition) is 3. The lowest BCUT2D eigenvalue weighted by molar-refractivity contribution is -0.190. The maximum Gasteiger partial charge on any atom is 0.216 e. The number of carbonyl (C=O) groups excluding carboxylic acids is 1. The van der Waals surface area contributed by atoms with Crippen LogP contribution in [0, 0.1) is 0 Å². The van der Waals surface area contributed by atoms with Crippen molar-refractivity contribution in [2.24, 2.45) is 0 Å². The first-order chi connectivity index (χ1) is 9.72. The minimum Gasteiger partial charge on any atom is -0.356 e. The van der Waals surface area contributed by atoms with Crippen LogP contribution >= 0.6 is 0 Å². The molecule has 1 aliphatic rings. The van der Waals surface area contributed by atoms with E-state index in [1.54, 1.807) is 6.92 Å². The van der Waals surface area contributed by atoms with Gasteiger partial charge in [-0.1, -0.05) is 26.2 Å². The van der Waals surface area contributed by atoms with Gasteiger partial charge in [-0.3, -0.25) is 4.79 Å². The molecule has 0 bridgehead atoms. The number of unbranched alkanes of at least 4 members (excludes halogenated alkanes) is 2. The third-order valence-electron chi connectivity index (χ3n) is 3.69. The summed E-state index contributed by atoms with van der Waals surface area (Å²) in [5.74, 6) is 0.0454. The van der Waals surface area contributed by atoms with Gasteiger partial charge < -0.3 is 14.8 Å². The molecule has 0 aromatic heterocycles. The van der Waals surface area contributed by atoms with Crippen LogP contribution in [0.1, 0.15) is 71.6 Å². The number of ether oxygens (including phenoxy) is 2. The fourth-order valence-corrected chi connectivity index (χ4v) is 2.53. The second kappa shape index (κ2) is 11.1. The Kier molecular flexibility index (Phi) is 9.67. The first-order valence-corrected chi connectivity index (χ1v) is 8.24. The highest BCUT2D eigenvalue weighted by Crippen LogP contribution is 2.20. The third kappa shape index (κ3) is 8.54. The predicted molar refractivity (Wildman–Crippen MR) is 80.5 cm³/mol. The van der Waals surface area contributed by atoms with Gasteiger partial charge in [-0.15, -0.1) is 0 Å². The Bertz CT molecular complexity index is 252. The molecule has 2 atom stereocenters. The normalized spacial score (nSPS) is 20.6. The maximum absolute atomic E-state index is 10.9. The summed E-state index contributed by atoms with van der Waals surface area (Å²) >= 11 is 0. The van der Waals surface area contributed by atoms with Crippen LogP contribution in [0.4, 0.5) is 0 Å². The minimum absolute atomic E-state index is 0.00357. The van der Waals surface area contributed by atoms with Crippen molar-refractivity contribution in [2.75, 3.05) is 13.2 Å². The number of hydrogen-bond donors (Lipinski definition) is 1. The lowest BCUT2D eigenvalue weighted by Crippen LogP contribution is -2.29. The van der Waals surface area contributed by atoms with E-state index in [0.717, 1.165) is 45.3 Å². The van der Waals surface area contributed by atoms with E-state index in [1.807, 2.05) is 0 Å². The fourth-order valence-electron chi connectivity index (χ4n) is 2.53. The van der Waals surface area contributed by atoms with Crippen LogP contribution in [0.15, 0.2) is 0 Å². The summed E-state index contributed by atoms with van der Waals surface area (Å²) in [7, 11) is 0. The van der Waals surface area contributed by atoms with Crippen LogP contribution in [-0.2, 0) is 14.3 Å². The molecule has 1 aliphatic heterocycles. The van der Waals surface area contributed by atoms with Crippen LogP contribution in [0.5, 0.6) is 0 Å². The molecule has 0 spiro atoms. The molecule has 2 unspecified atom stereocenters. The van der Waals surface area contributed by atoms with Gasteiger partial charge in [-0.05, 0) is 38.5 Å². The molecule has 1 rings (SSSR count). The van der Waals surface area contributed by atoms with Crippen LogP contribution < -0.4 is 5.32 Å². The molecule has 20 heavy (non-hydrogen) atoms. The van der Waals surface area contributed by atoms with E-state index in [1.165, 1.54) is 25.7 Å². The Morgan fingerprint density at radius 1 is 1.30 bits per heavy atom. The monoisotopic (exact) mass is 285 g/mol. The highest BCUT2D eigenvalue weighted by Gasteiger charge is 2.19. The van der Waals surface area contributed by atoms with Gasteiger partial charge >= 0.3 is 0 Å². The molecule has 4 nitrogen and oxygen atoms in total. The smallest absolute Gasteiger partial charge is 0.216 e. The molecular weight excluding hydrogens is 254 g/mol. The average Bonchev–Trinajstić information content (AvgIpc) is 2.44. The Morgan fingerprint density at radius 2 is 2.10 bits per heavy atom. The average molecular weight is 285 g/mol. The maximum atomic E-state index is 10.9. The minimum atomic E-state index is -0.00357. The molecule has 1 saturated heterocycles. The van der Waals surface area contributed by atoms with Gasteiger partial charge in [0.1, 0.15) is 0 Å². The summed E-state index contributed by atoms with van der Waals surface area (Å²) in [6, 6.07) is 0. The molecule has 4 heteroatoms. The predicted octanol–water partition coefficient (Wildman–Crippen LogP) is 3.39. The third-order valence-corrected chi connectivity index (χ3v) is 3.69. The van der Waals surface area contributed by atoms with E-state index in [0.29, 0.717) is 0 Å². The number of rotatable bonds is 10. The van der Waals surface area contributed by atoms with Gasteiger partial charge in [0.05, 0.1) is 6.10 Å². The molecule has 0 saturated carbocycles. The zero-order chi connectivity index (χ0) is 14.6. The van der Waals surface area contributed by atoms with Crippen LogP contribution in [0.25, 0.3) is 0 Å². The second-order valence-corrected chi connectivity index (χ2v) is 5.68. The van der Waals surface area contributed by atoms with E-state index in [2.05, 4.69) is 12.2 Å². The van der Waals surface area contributed by atoms with E-state index in [9.17, 15) is 4.79 Å². The standard InChI is InChI=1S/C16H31NO3/c1-3-4-5-9-15(10-8-12-17-14(2)18)20-16-11-6-7-13-19-16/h15-16H,3-13H2,1-2H3,(H,17,18). The first kappa shape index (κ1) is 17.4. The summed E-state index contributed by atoms with van der Waals surface area (Å²) in [5.41, 5.74) is 0. The summed E-state index contributed by atoms with van der Waals surface area (Å²) in [6.45, 7) is 5.36. The zero-order valence-corrected chi connectivity index (χ0v) is 13.2. The van der Waals surface area contributed by atoms with Crippen molar-refractivity contribution in [1.29, 1.82) is 0 Å². The quantitative estimate of drug-likeness (QED) is 0.626. The zero-order valence-electron chi connectivity index (χ0n) is 13.2. The largest absolute Gasteiger partial charge is 0.356 e. The van der Waals surface area contributed by atoms with E-state index >= 15 is 0 Å². The molecule has 1 fully saturated rings. The van der Waals surface area contributed by atoms with Crippen molar-refractivity contribution < 1.29 is 14.3 Å². The van der Waals surface area contributed by atoms with Gasteiger partial charge in [0, 0.05) is 20.1 Å². The highest BCUT2D eigenvalue weighted by molar-refractivity contribution is 5.72. The van der Waals surface area contributed by atoms with E-state index in [-0.39, 0.29) is 18.3 Å². The first-order valence-electron chi connectivity index (χ1n) is 8.24.